The Morgan fingerprint density at radius 3 is 2.71 bits per heavy atom. The highest BCUT2D eigenvalue weighted by Crippen LogP contribution is 2.25. The number of rotatable bonds is 3. The van der Waals surface area contributed by atoms with Gasteiger partial charge in [-0.05, 0) is 55.3 Å². The minimum atomic E-state index is -0.279. The van der Waals surface area contributed by atoms with Crippen LogP contribution in [0.4, 0.5) is 10.1 Å². The maximum Gasteiger partial charge on any atom is 0.146 e. The molecule has 2 atom stereocenters. The number of nitrogens with one attached hydrogen (secondary N) is 1. The summed E-state index contributed by atoms with van der Waals surface area (Å²) in [5, 5.41) is 14.3. The van der Waals surface area contributed by atoms with Crippen molar-refractivity contribution in [3.05, 3.63) is 30.3 Å². The summed E-state index contributed by atoms with van der Waals surface area (Å²) in [5.41, 5.74) is 1.19. The number of ether oxygens (including phenoxy) is 1. The van der Waals surface area contributed by atoms with Gasteiger partial charge in [0.25, 0.3) is 0 Å². The first kappa shape index (κ1) is 13.9. The van der Waals surface area contributed by atoms with E-state index in [-0.39, 0.29) is 24.1 Å². The third-order valence-electron chi connectivity index (χ3n) is 3.62. The summed E-state index contributed by atoms with van der Waals surface area (Å²) in [5.74, 6) is -0.279. The van der Waals surface area contributed by atoms with E-state index in [4.69, 9.17) is 4.74 Å². The summed E-state index contributed by atoms with van der Waals surface area (Å²) in [7, 11) is 0. The van der Waals surface area contributed by atoms with E-state index in [1.54, 1.807) is 12.1 Å². The van der Waals surface area contributed by atoms with Crippen LogP contribution < -0.4 is 5.32 Å². The predicted octanol–water partition coefficient (Wildman–Crippen LogP) is 2.17. The molecule has 2 aromatic rings. The van der Waals surface area contributed by atoms with Crippen LogP contribution in [0.3, 0.4) is 0 Å². The van der Waals surface area contributed by atoms with Crippen LogP contribution in [-0.2, 0) is 4.74 Å². The molecule has 1 aliphatic heterocycles. The van der Waals surface area contributed by atoms with Crippen molar-refractivity contribution in [1.82, 2.24) is 20.2 Å². The highest BCUT2D eigenvalue weighted by molar-refractivity contribution is 5.52. The van der Waals surface area contributed by atoms with Crippen LogP contribution in [-0.4, -0.2) is 38.5 Å². The van der Waals surface area contributed by atoms with Crippen molar-refractivity contribution >= 4 is 5.69 Å². The first-order valence-corrected chi connectivity index (χ1v) is 7.06. The number of tetrazole rings is 1. The lowest BCUT2D eigenvalue weighted by Gasteiger charge is -2.33. The molecule has 2 heterocycles. The fourth-order valence-corrected chi connectivity index (χ4v) is 2.79. The van der Waals surface area contributed by atoms with Crippen LogP contribution in [0.1, 0.15) is 26.7 Å². The number of hydrogen-bond donors (Lipinski definition) is 1. The van der Waals surface area contributed by atoms with E-state index in [0.717, 1.165) is 18.5 Å². The van der Waals surface area contributed by atoms with E-state index < -0.39 is 0 Å². The Balaban J connectivity index is 1.80. The normalized spacial score (nSPS) is 25.8. The van der Waals surface area contributed by atoms with Gasteiger partial charge in [-0.2, -0.15) is 0 Å². The van der Waals surface area contributed by atoms with Crippen LogP contribution >= 0.6 is 0 Å². The summed E-state index contributed by atoms with van der Waals surface area (Å²) in [6.45, 7) is 4.08. The van der Waals surface area contributed by atoms with Gasteiger partial charge in [0.15, 0.2) is 0 Å². The van der Waals surface area contributed by atoms with E-state index in [2.05, 4.69) is 20.8 Å². The first-order chi connectivity index (χ1) is 10.1. The first-order valence-electron chi connectivity index (χ1n) is 7.06. The van der Waals surface area contributed by atoms with Crippen molar-refractivity contribution in [3.63, 3.8) is 0 Å². The number of benzene rings is 1. The molecule has 0 saturated carbocycles. The molecular formula is C14H18FN5O. The number of hydrogen-bond acceptors (Lipinski definition) is 5. The zero-order valence-electron chi connectivity index (χ0n) is 12.0. The molecule has 1 aromatic heterocycles. The Kier molecular flexibility index (Phi) is 3.83. The summed E-state index contributed by atoms with van der Waals surface area (Å²) < 4.78 is 21.2. The standard InChI is InChI=1S/C14H18FN5O/c1-9-5-11(6-10(2)21-9)17-14-7-12(3-4-13(14)15)20-8-16-18-19-20/h3-4,7-11,17H,5-6H2,1-2H3. The van der Waals surface area contributed by atoms with Crippen molar-refractivity contribution in [2.75, 3.05) is 5.32 Å². The molecule has 0 radical (unpaired) electrons. The quantitative estimate of drug-likeness (QED) is 0.939. The lowest BCUT2D eigenvalue weighted by Crippen LogP contribution is -2.37. The minimum Gasteiger partial charge on any atom is -0.380 e. The molecule has 6 nitrogen and oxygen atoms in total. The van der Waals surface area contributed by atoms with Crippen LogP contribution in [0.15, 0.2) is 24.5 Å². The van der Waals surface area contributed by atoms with E-state index in [1.807, 2.05) is 13.8 Å². The monoisotopic (exact) mass is 291 g/mol. The van der Waals surface area contributed by atoms with Gasteiger partial charge in [0.2, 0.25) is 0 Å². The molecule has 0 aliphatic carbocycles. The Morgan fingerprint density at radius 2 is 2.05 bits per heavy atom. The highest BCUT2D eigenvalue weighted by Gasteiger charge is 2.25. The molecule has 1 aliphatic rings. The SMILES string of the molecule is CC1CC(Nc2cc(-n3cnnn3)ccc2F)CC(C)O1. The average molecular weight is 291 g/mol. The van der Waals surface area contributed by atoms with E-state index in [0.29, 0.717) is 5.69 Å². The van der Waals surface area contributed by atoms with E-state index in [1.165, 1.54) is 17.1 Å². The van der Waals surface area contributed by atoms with Crippen LogP contribution in [0.25, 0.3) is 5.69 Å². The lowest BCUT2D eigenvalue weighted by molar-refractivity contribution is -0.0338. The number of halogens is 1. The Labute approximate surface area is 122 Å². The molecule has 0 bridgehead atoms. The van der Waals surface area contributed by atoms with Crippen molar-refractivity contribution in [1.29, 1.82) is 0 Å². The fraction of sp³-hybridized carbons (Fsp3) is 0.500. The second kappa shape index (κ2) is 5.77. The van der Waals surface area contributed by atoms with Crippen LogP contribution in [0.2, 0.25) is 0 Å². The molecule has 112 valence electrons. The number of aromatic nitrogens is 4. The molecular weight excluding hydrogens is 273 g/mol. The maximum absolute atomic E-state index is 14.0. The number of anilines is 1. The van der Waals surface area contributed by atoms with Crippen molar-refractivity contribution < 1.29 is 9.13 Å². The average Bonchev–Trinajstić information content (AvgIpc) is 2.94. The lowest BCUT2D eigenvalue weighted by atomic mass is 9.99. The topological polar surface area (TPSA) is 64.9 Å². The summed E-state index contributed by atoms with van der Waals surface area (Å²) in [4.78, 5) is 0. The zero-order valence-corrected chi connectivity index (χ0v) is 12.0. The third-order valence-corrected chi connectivity index (χ3v) is 3.62. The smallest absolute Gasteiger partial charge is 0.146 e. The second-order valence-corrected chi connectivity index (χ2v) is 5.49. The largest absolute Gasteiger partial charge is 0.380 e. The summed E-state index contributed by atoms with van der Waals surface area (Å²) >= 11 is 0. The molecule has 1 fully saturated rings. The Morgan fingerprint density at radius 1 is 1.29 bits per heavy atom. The van der Waals surface area contributed by atoms with Gasteiger partial charge in [-0.1, -0.05) is 0 Å². The van der Waals surface area contributed by atoms with E-state index >= 15 is 0 Å². The van der Waals surface area contributed by atoms with Crippen molar-refractivity contribution in [3.8, 4) is 5.69 Å². The molecule has 7 heteroatoms. The fourth-order valence-electron chi connectivity index (χ4n) is 2.79. The Hall–Kier alpha value is -2.02. The van der Waals surface area contributed by atoms with Crippen molar-refractivity contribution in [2.24, 2.45) is 0 Å². The van der Waals surface area contributed by atoms with Gasteiger partial charge in [0.1, 0.15) is 12.1 Å². The maximum atomic E-state index is 14.0. The highest BCUT2D eigenvalue weighted by atomic mass is 19.1. The van der Waals surface area contributed by atoms with Gasteiger partial charge in [-0.25, -0.2) is 9.07 Å². The molecule has 1 aromatic carbocycles. The van der Waals surface area contributed by atoms with Gasteiger partial charge in [0, 0.05) is 6.04 Å². The molecule has 3 rings (SSSR count). The van der Waals surface area contributed by atoms with Gasteiger partial charge in [-0.15, -0.1) is 5.10 Å². The molecule has 2 unspecified atom stereocenters. The minimum absolute atomic E-state index is 0.178. The third kappa shape index (κ3) is 3.18. The Bertz CT molecular complexity index is 593. The van der Waals surface area contributed by atoms with Crippen LogP contribution in [0, 0.1) is 5.82 Å². The molecule has 1 saturated heterocycles. The summed E-state index contributed by atoms with van der Waals surface area (Å²) in [6.07, 6.45) is 3.56. The molecule has 0 spiro atoms. The van der Waals surface area contributed by atoms with Gasteiger partial charge < -0.3 is 10.1 Å². The van der Waals surface area contributed by atoms with Gasteiger partial charge in [0.05, 0.1) is 23.6 Å². The second-order valence-electron chi connectivity index (χ2n) is 5.49. The van der Waals surface area contributed by atoms with Gasteiger partial charge in [-0.3, -0.25) is 0 Å². The summed E-state index contributed by atoms with van der Waals surface area (Å²) in [6, 6.07) is 4.98. The number of nitrogens with zero attached hydrogens (tertiary/aromatic N) is 4. The molecule has 21 heavy (non-hydrogen) atoms. The zero-order chi connectivity index (χ0) is 14.8. The van der Waals surface area contributed by atoms with Gasteiger partial charge >= 0.3 is 0 Å². The van der Waals surface area contributed by atoms with Crippen LogP contribution in [0.5, 0.6) is 0 Å². The predicted molar refractivity (Wildman–Crippen MR) is 75.8 cm³/mol. The van der Waals surface area contributed by atoms with Crippen molar-refractivity contribution in [2.45, 2.75) is 44.9 Å². The molecule has 0 amide bonds. The molecule has 1 N–H and O–H groups in total. The van der Waals surface area contributed by atoms with E-state index in [9.17, 15) is 4.39 Å².